The lowest BCUT2D eigenvalue weighted by molar-refractivity contribution is -0.274. The zero-order chi connectivity index (χ0) is 15.3. The van der Waals surface area contributed by atoms with E-state index in [1.807, 2.05) is 0 Å². The quantitative estimate of drug-likeness (QED) is 0.911. The van der Waals surface area contributed by atoms with Gasteiger partial charge in [-0.3, -0.25) is 4.21 Å². The van der Waals surface area contributed by atoms with Crippen molar-refractivity contribution in [2.75, 3.05) is 0 Å². The monoisotopic (exact) mass is 320 g/mol. The maximum Gasteiger partial charge on any atom is 0.573 e. The summed E-state index contributed by atoms with van der Waals surface area (Å²) in [4.78, 5) is 0. The van der Waals surface area contributed by atoms with Crippen LogP contribution in [0.5, 0.6) is 5.75 Å². The Morgan fingerprint density at radius 3 is 2.43 bits per heavy atom. The second kappa shape index (κ2) is 4.98. The lowest BCUT2D eigenvalue weighted by atomic mass is 9.86. The van der Waals surface area contributed by atoms with Crippen molar-refractivity contribution in [1.82, 2.24) is 0 Å². The van der Waals surface area contributed by atoms with Crippen molar-refractivity contribution < 1.29 is 27.2 Å². The second-order valence-electron chi connectivity index (χ2n) is 5.67. The lowest BCUT2D eigenvalue weighted by Gasteiger charge is -2.36. The van der Waals surface area contributed by atoms with Gasteiger partial charge < -0.3 is 9.84 Å². The van der Waals surface area contributed by atoms with Crippen LogP contribution in [0, 0.1) is 0 Å². The summed E-state index contributed by atoms with van der Waals surface area (Å²) in [6, 6.07) is 5.45. The zero-order valence-electron chi connectivity index (χ0n) is 11.1. The van der Waals surface area contributed by atoms with Crippen LogP contribution in [0.1, 0.15) is 31.2 Å². The van der Waals surface area contributed by atoms with Crippen molar-refractivity contribution in [3.05, 3.63) is 29.8 Å². The van der Waals surface area contributed by atoms with Gasteiger partial charge in [0.2, 0.25) is 0 Å². The van der Waals surface area contributed by atoms with Gasteiger partial charge in [-0.05, 0) is 43.4 Å². The molecule has 1 aromatic rings. The summed E-state index contributed by atoms with van der Waals surface area (Å²) in [6.45, 7) is 0. The molecule has 1 N–H and O–H groups in total. The summed E-state index contributed by atoms with van der Waals surface area (Å²) in [6.07, 6.45) is -2.50. The molecule has 0 spiro atoms. The molecule has 2 fully saturated rings. The summed E-state index contributed by atoms with van der Waals surface area (Å²) >= 11 is 0. The Labute approximate surface area is 122 Å². The molecule has 2 unspecified atom stereocenters. The number of hydrogen-bond donors (Lipinski definition) is 1. The molecule has 21 heavy (non-hydrogen) atoms. The number of rotatable bonds is 2. The summed E-state index contributed by atoms with van der Waals surface area (Å²) in [5.41, 5.74) is -0.817. The normalized spacial score (nSPS) is 35.7. The lowest BCUT2D eigenvalue weighted by Crippen LogP contribution is -2.40. The third kappa shape index (κ3) is 2.94. The molecule has 2 aliphatic rings. The number of hydrogen-bond acceptors (Lipinski definition) is 3. The van der Waals surface area contributed by atoms with Gasteiger partial charge in [-0.1, -0.05) is 12.1 Å². The Morgan fingerprint density at radius 1 is 1.24 bits per heavy atom. The van der Waals surface area contributed by atoms with Gasteiger partial charge >= 0.3 is 6.36 Å². The highest BCUT2D eigenvalue weighted by Gasteiger charge is 2.48. The molecule has 3 rings (SSSR count). The smallest absolute Gasteiger partial charge is 0.406 e. The third-order valence-corrected chi connectivity index (χ3v) is 6.32. The molecule has 0 amide bonds. The van der Waals surface area contributed by atoms with Gasteiger partial charge in [0, 0.05) is 21.3 Å². The molecule has 0 aromatic heterocycles. The minimum Gasteiger partial charge on any atom is -0.406 e. The van der Waals surface area contributed by atoms with E-state index in [1.54, 1.807) is 6.07 Å². The number of ether oxygens (including phenoxy) is 1. The van der Waals surface area contributed by atoms with E-state index in [0.717, 1.165) is 12.8 Å². The van der Waals surface area contributed by atoms with Crippen molar-refractivity contribution in [3.8, 4) is 5.75 Å². The van der Waals surface area contributed by atoms with Gasteiger partial charge in [0.25, 0.3) is 0 Å². The van der Waals surface area contributed by atoms with Crippen molar-refractivity contribution in [1.29, 1.82) is 0 Å². The molecule has 3 nitrogen and oxygen atoms in total. The van der Waals surface area contributed by atoms with Crippen LogP contribution in [0.15, 0.2) is 24.3 Å². The average Bonchev–Trinajstić information content (AvgIpc) is 2.60. The molecule has 2 heterocycles. The van der Waals surface area contributed by atoms with E-state index < -0.39 is 22.8 Å². The molecule has 2 aliphatic heterocycles. The molecule has 2 atom stereocenters. The standard InChI is InChI=1S/C14H15F3O3S/c15-14(16,17)20-10-3-1-2-9(6-10)13(18)7-11-4-5-12(8-13)21(11)19/h1-3,6,11-12,18H,4-5,7-8H2. The first-order chi connectivity index (χ1) is 9.77. The van der Waals surface area contributed by atoms with Crippen molar-refractivity contribution in [3.63, 3.8) is 0 Å². The summed E-state index contributed by atoms with van der Waals surface area (Å²) in [5.74, 6) is -0.340. The summed E-state index contributed by atoms with van der Waals surface area (Å²) in [5, 5.41) is 10.7. The van der Waals surface area contributed by atoms with E-state index in [2.05, 4.69) is 4.74 Å². The van der Waals surface area contributed by atoms with Crippen LogP contribution in [-0.4, -0.2) is 26.2 Å². The fourth-order valence-corrected chi connectivity index (χ4v) is 5.46. The summed E-state index contributed by atoms with van der Waals surface area (Å²) in [7, 11) is -0.931. The van der Waals surface area contributed by atoms with E-state index in [1.165, 1.54) is 18.2 Å². The van der Waals surface area contributed by atoms with Gasteiger partial charge in [0.1, 0.15) is 5.75 Å². The maximum absolute atomic E-state index is 12.3. The first-order valence-corrected chi connectivity index (χ1v) is 8.02. The SMILES string of the molecule is O=S1C2CCC1CC(O)(c1cccc(OC(F)(F)F)c1)C2. The Bertz CT molecular complexity index is 557. The topological polar surface area (TPSA) is 46.5 Å². The molecule has 0 aliphatic carbocycles. The Kier molecular flexibility index (Phi) is 3.52. The first kappa shape index (κ1) is 14.8. The molecular weight excluding hydrogens is 305 g/mol. The molecule has 0 saturated carbocycles. The van der Waals surface area contributed by atoms with Crippen molar-refractivity contribution in [2.45, 2.75) is 48.1 Å². The fourth-order valence-electron chi connectivity index (χ4n) is 3.30. The van der Waals surface area contributed by atoms with E-state index in [0.29, 0.717) is 18.4 Å². The molecule has 116 valence electrons. The van der Waals surface area contributed by atoms with Gasteiger partial charge in [0.05, 0.1) is 5.60 Å². The number of alkyl halides is 3. The highest BCUT2D eigenvalue weighted by Crippen LogP contribution is 2.46. The van der Waals surface area contributed by atoms with E-state index in [9.17, 15) is 22.5 Å². The van der Waals surface area contributed by atoms with E-state index in [4.69, 9.17) is 0 Å². The van der Waals surface area contributed by atoms with Crippen LogP contribution in [-0.2, 0) is 16.4 Å². The van der Waals surface area contributed by atoms with E-state index >= 15 is 0 Å². The zero-order valence-corrected chi connectivity index (χ0v) is 11.9. The van der Waals surface area contributed by atoms with Gasteiger partial charge in [-0.15, -0.1) is 13.2 Å². The molecule has 2 saturated heterocycles. The van der Waals surface area contributed by atoms with Crippen molar-refractivity contribution in [2.24, 2.45) is 0 Å². The fraction of sp³-hybridized carbons (Fsp3) is 0.571. The van der Waals surface area contributed by atoms with E-state index in [-0.39, 0.29) is 16.2 Å². The van der Waals surface area contributed by atoms with Crippen LogP contribution < -0.4 is 4.74 Å². The van der Waals surface area contributed by atoms with Gasteiger partial charge in [-0.2, -0.15) is 0 Å². The molecule has 1 aromatic carbocycles. The highest BCUT2D eigenvalue weighted by atomic mass is 32.2. The van der Waals surface area contributed by atoms with Gasteiger partial charge in [-0.25, -0.2) is 0 Å². The van der Waals surface area contributed by atoms with Crippen LogP contribution in [0.25, 0.3) is 0 Å². The number of benzene rings is 1. The molecular formula is C14H15F3O3S. The largest absolute Gasteiger partial charge is 0.573 e. The molecule has 0 radical (unpaired) electrons. The minimum absolute atomic E-state index is 0.0686. The predicted octanol–water partition coefficient (Wildman–Crippen LogP) is 2.85. The Balaban J connectivity index is 1.87. The van der Waals surface area contributed by atoms with Crippen LogP contribution in [0.3, 0.4) is 0 Å². The highest BCUT2D eigenvalue weighted by molar-refractivity contribution is 7.86. The first-order valence-electron chi connectivity index (χ1n) is 6.75. The maximum atomic E-state index is 12.3. The average molecular weight is 320 g/mol. The third-order valence-electron chi connectivity index (χ3n) is 4.20. The molecule has 7 heteroatoms. The second-order valence-corrected chi connectivity index (χ2v) is 7.66. The van der Waals surface area contributed by atoms with Gasteiger partial charge in [0.15, 0.2) is 0 Å². The predicted molar refractivity (Wildman–Crippen MR) is 71.2 cm³/mol. The number of fused-ring (bicyclic) bond motifs is 2. The number of aliphatic hydroxyl groups is 1. The molecule has 2 bridgehead atoms. The van der Waals surface area contributed by atoms with Crippen LogP contribution >= 0.6 is 0 Å². The van der Waals surface area contributed by atoms with Crippen molar-refractivity contribution >= 4 is 10.8 Å². The summed E-state index contributed by atoms with van der Waals surface area (Å²) < 4.78 is 52.7. The minimum atomic E-state index is -4.76. The Hall–Kier alpha value is -1.08. The van der Waals surface area contributed by atoms with Crippen LogP contribution in [0.4, 0.5) is 13.2 Å². The van der Waals surface area contributed by atoms with Crippen LogP contribution in [0.2, 0.25) is 0 Å². The number of halogens is 3. The Morgan fingerprint density at radius 2 is 1.86 bits per heavy atom.